The summed E-state index contributed by atoms with van der Waals surface area (Å²) < 4.78 is 11.3. The molecule has 0 spiro atoms. The van der Waals surface area contributed by atoms with E-state index in [9.17, 15) is 9.59 Å². The summed E-state index contributed by atoms with van der Waals surface area (Å²) in [4.78, 5) is 27.3. The van der Waals surface area contributed by atoms with Crippen molar-refractivity contribution < 1.29 is 19.1 Å². The minimum Gasteiger partial charge on any atom is -0.494 e. The zero-order valence-corrected chi connectivity index (χ0v) is 22.0. The van der Waals surface area contributed by atoms with Crippen molar-refractivity contribution in [1.29, 1.82) is 0 Å². The van der Waals surface area contributed by atoms with Crippen LogP contribution in [0.4, 0.5) is 26.7 Å². The molecule has 0 saturated carbocycles. The van der Waals surface area contributed by atoms with Gasteiger partial charge in [0.2, 0.25) is 0 Å². The van der Waals surface area contributed by atoms with Crippen molar-refractivity contribution in [2.75, 3.05) is 35.2 Å². The van der Waals surface area contributed by atoms with Crippen LogP contribution in [0.3, 0.4) is 0 Å². The lowest BCUT2D eigenvalue weighted by molar-refractivity contribution is 0.250. The summed E-state index contributed by atoms with van der Waals surface area (Å²) in [5, 5.41) is 8.55. The van der Waals surface area contributed by atoms with Crippen LogP contribution in [-0.4, -0.2) is 31.8 Å². The third-order valence-corrected chi connectivity index (χ3v) is 5.69. The van der Waals surface area contributed by atoms with Gasteiger partial charge in [-0.25, -0.2) is 9.59 Å². The molecule has 4 rings (SSSR count). The number of nitrogens with zero attached hydrogens (tertiary/aromatic N) is 1. The molecule has 8 heteroatoms. The van der Waals surface area contributed by atoms with Crippen molar-refractivity contribution in [2.45, 2.75) is 13.8 Å². The quantitative estimate of drug-likeness (QED) is 0.207. The Morgan fingerprint density at radius 3 is 2.13 bits per heavy atom. The van der Waals surface area contributed by atoms with E-state index in [1.807, 2.05) is 80.6 Å². The third-order valence-electron chi connectivity index (χ3n) is 5.69. The number of rotatable bonds is 10. The summed E-state index contributed by atoms with van der Waals surface area (Å²) in [5.41, 5.74) is 3.03. The largest absolute Gasteiger partial charge is 0.494 e. The molecule has 0 aromatic heterocycles. The van der Waals surface area contributed by atoms with Crippen molar-refractivity contribution in [2.24, 2.45) is 0 Å². The molecule has 0 saturated heterocycles. The van der Waals surface area contributed by atoms with Crippen molar-refractivity contribution in [3.8, 4) is 17.2 Å². The molecule has 0 radical (unpaired) electrons. The number of carbonyl (C=O) groups is 2. The molecule has 0 aliphatic heterocycles. The predicted octanol–water partition coefficient (Wildman–Crippen LogP) is 7.05. The molecule has 4 amide bonds. The molecule has 0 aliphatic carbocycles. The first-order valence-corrected chi connectivity index (χ1v) is 12.8. The number of carbonyl (C=O) groups excluding carboxylic acids is 2. The smallest absolute Gasteiger partial charge is 0.326 e. The van der Waals surface area contributed by atoms with Crippen LogP contribution in [0.2, 0.25) is 0 Å². The minimum atomic E-state index is -0.371. The van der Waals surface area contributed by atoms with Crippen LogP contribution in [0.25, 0.3) is 0 Å². The number of anilines is 3. The number of nitrogens with one attached hydrogen (secondary N) is 3. The topological polar surface area (TPSA) is 91.9 Å². The molecule has 0 aliphatic rings. The Morgan fingerprint density at radius 1 is 0.744 bits per heavy atom. The van der Waals surface area contributed by atoms with Crippen molar-refractivity contribution >= 4 is 29.1 Å². The average molecular weight is 525 g/mol. The summed E-state index contributed by atoms with van der Waals surface area (Å²) in [7, 11) is 0. The molecule has 200 valence electrons. The first-order valence-electron chi connectivity index (χ1n) is 12.8. The van der Waals surface area contributed by atoms with E-state index in [0.29, 0.717) is 29.4 Å². The number of hydrogen-bond donors (Lipinski definition) is 3. The van der Waals surface area contributed by atoms with Crippen molar-refractivity contribution in [3.05, 3.63) is 109 Å². The van der Waals surface area contributed by atoms with Gasteiger partial charge >= 0.3 is 12.1 Å². The Labute approximate surface area is 228 Å². The number of amides is 4. The normalized spacial score (nSPS) is 10.3. The second kappa shape index (κ2) is 13.5. The second-order valence-corrected chi connectivity index (χ2v) is 8.70. The summed E-state index contributed by atoms with van der Waals surface area (Å²) in [5.74, 6) is 2.11. The summed E-state index contributed by atoms with van der Waals surface area (Å²) in [6.45, 7) is 4.92. The molecule has 4 aromatic rings. The highest BCUT2D eigenvalue weighted by Crippen LogP contribution is 2.25. The van der Waals surface area contributed by atoms with Gasteiger partial charge in [-0.05, 0) is 92.2 Å². The van der Waals surface area contributed by atoms with Crippen LogP contribution in [0, 0.1) is 6.92 Å². The van der Waals surface area contributed by atoms with Gasteiger partial charge in [-0.2, -0.15) is 0 Å². The molecule has 3 N–H and O–H groups in total. The molecule has 0 unspecified atom stereocenters. The zero-order valence-electron chi connectivity index (χ0n) is 22.0. The number of benzene rings is 4. The molecule has 0 bridgehead atoms. The fourth-order valence-corrected chi connectivity index (χ4v) is 3.84. The lowest BCUT2D eigenvalue weighted by Gasteiger charge is -2.24. The second-order valence-electron chi connectivity index (χ2n) is 8.70. The molecule has 0 fully saturated rings. The standard InChI is InChI=1S/C31H32N4O4/c1-3-38-27-16-12-24(13-17-27)33-30(36)32-20-21-35(31(37)34-25-9-7-8-23(2)22-25)26-14-18-29(19-15-26)39-28-10-5-4-6-11-28/h4-19,22H,3,20-21H2,1-2H3,(H,34,37)(H2,32,33,36). The number of hydrogen-bond acceptors (Lipinski definition) is 4. The molecule has 0 heterocycles. The highest BCUT2D eigenvalue weighted by Gasteiger charge is 2.17. The predicted molar refractivity (Wildman–Crippen MR) is 155 cm³/mol. The van der Waals surface area contributed by atoms with Gasteiger partial charge in [-0.3, -0.25) is 4.90 Å². The number of urea groups is 2. The van der Waals surface area contributed by atoms with Crippen molar-refractivity contribution in [3.63, 3.8) is 0 Å². The Morgan fingerprint density at radius 2 is 1.44 bits per heavy atom. The van der Waals surface area contributed by atoms with Gasteiger partial charge in [0.25, 0.3) is 0 Å². The Hall–Kier alpha value is -4.98. The Kier molecular flexibility index (Phi) is 9.39. The lowest BCUT2D eigenvalue weighted by Crippen LogP contribution is -2.42. The Bertz CT molecular complexity index is 1360. The van der Waals surface area contributed by atoms with Crippen LogP contribution < -0.4 is 30.3 Å². The van der Waals surface area contributed by atoms with E-state index in [1.165, 1.54) is 0 Å². The van der Waals surface area contributed by atoms with Gasteiger partial charge in [0.15, 0.2) is 0 Å². The van der Waals surface area contributed by atoms with Gasteiger partial charge in [0, 0.05) is 30.2 Å². The van der Waals surface area contributed by atoms with Gasteiger partial charge in [-0.15, -0.1) is 0 Å². The SMILES string of the molecule is CCOc1ccc(NC(=O)NCCN(C(=O)Nc2cccc(C)c2)c2ccc(Oc3ccccc3)cc2)cc1. The molecule has 4 aromatic carbocycles. The number of para-hydroxylation sites is 1. The van der Waals surface area contributed by atoms with Gasteiger partial charge < -0.3 is 25.4 Å². The van der Waals surface area contributed by atoms with Crippen LogP contribution in [0.5, 0.6) is 17.2 Å². The molecule has 8 nitrogen and oxygen atoms in total. The maximum atomic E-state index is 13.3. The highest BCUT2D eigenvalue weighted by atomic mass is 16.5. The van der Waals surface area contributed by atoms with Crippen LogP contribution in [0.1, 0.15) is 12.5 Å². The third kappa shape index (κ3) is 8.26. The maximum absolute atomic E-state index is 13.3. The van der Waals surface area contributed by atoms with E-state index >= 15 is 0 Å². The summed E-state index contributed by atoms with van der Waals surface area (Å²) in [6.07, 6.45) is 0. The van der Waals surface area contributed by atoms with Crippen LogP contribution in [0.15, 0.2) is 103 Å². The monoisotopic (exact) mass is 524 g/mol. The number of aryl methyl sites for hydroxylation is 1. The van der Waals surface area contributed by atoms with Crippen LogP contribution in [-0.2, 0) is 0 Å². The fraction of sp³-hybridized carbons (Fsp3) is 0.161. The van der Waals surface area contributed by atoms with Gasteiger partial charge in [0.05, 0.1) is 6.61 Å². The van der Waals surface area contributed by atoms with Crippen molar-refractivity contribution in [1.82, 2.24) is 5.32 Å². The van der Waals surface area contributed by atoms with E-state index in [1.54, 1.807) is 41.3 Å². The Balaban J connectivity index is 1.40. The van der Waals surface area contributed by atoms with E-state index < -0.39 is 0 Å². The summed E-state index contributed by atoms with van der Waals surface area (Å²) >= 11 is 0. The maximum Gasteiger partial charge on any atom is 0.326 e. The average Bonchev–Trinajstić information content (AvgIpc) is 2.93. The highest BCUT2D eigenvalue weighted by molar-refractivity contribution is 6.02. The first-order chi connectivity index (χ1) is 19.0. The molecule has 39 heavy (non-hydrogen) atoms. The van der Waals surface area contributed by atoms with E-state index in [-0.39, 0.29) is 25.2 Å². The zero-order chi connectivity index (χ0) is 27.5. The van der Waals surface area contributed by atoms with E-state index in [2.05, 4.69) is 16.0 Å². The lowest BCUT2D eigenvalue weighted by atomic mass is 10.2. The van der Waals surface area contributed by atoms with Crippen LogP contribution >= 0.6 is 0 Å². The van der Waals surface area contributed by atoms with Gasteiger partial charge in [-0.1, -0.05) is 30.3 Å². The van der Waals surface area contributed by atoms with E-state index in [4.69, 9.17) is 9.47 Å². The molecular weight excluding hydrogens is 492 g/mol. The molecular formula is C31H32N4O4. The van der Waals surface area contributed by atoms with Gasteiger partial charge in [0.1, 0.15) is 17.2 Å². The van der Waals surface area contributed by atoms with E-state index in [0.717, 1.165) is 17.1 Å². The fourth-order valence-electron chi connectivity index (χ4n) is 3.84. The molecule has 0 atom stereocenters. The minimum absolute atomic E-state index is 0.229. The number of ether oxygens (including phenoxy) is 2. The summed E-state index contributed by atoms with van der Waals surface area (Å²) in [6, 6.07) is 30.7. The first kappa shape index (κ1) is 27.1.